The first-order valence-electron chi connectivity index (χ1n) is 6.41. The Morgan fingerprint density at radius 2 is 1.17 bits per heavy atom. The van der Waals surface area contributed by atoms with E-state index in [9.17, 15) is 0 Å². The van der Waals surface area contributed by atoms with E-state index in [-0.39, 0.29) is 0 Å². The molecule has 0 aromatic heterocycles. The Labute approximate surface area is 119 Å². The molecule has 0 heterocycles. The Hall–Kier alpha value is -0.318. The Morgan fingerprint density at radius 3 is 1.44 bits per heavy atom. The van der Waals surface area contributed by atoms with Gasteiger partial charge in [-0.1, -0.05) is 0 Å². The zero-order valence-electron chi connectivity index (χ0n) is 13.1. The van der Waals surface area contributed by atoms with Crippen LogP contribution in [0, 0.1) is 0 Å². The average Bonchev–Trinajstić information content (AvgIpc) is 2.13. The van der Waals surface area contributed by atoms with Gasteiger partial charge in [0, 0.05) is 0 Å². The van der Waals surface area contributed by atoms with Crippen LogP contribution in [-0.4, -0.2) is 14.1 Å². The standard InChI is InChI=1S/C8H10N.2C4H9.Pd/c1-9(2)8-6-4-3-5-7-8;2*1-4(2)3;/h4-7H,1-2H3;2*1-3H3;/q;;;-1. The Kier molecular flexibility index (Phi) is 4.68. The summed E-state index contributed by atoms with van der Waals surface area (Å²) in [5, 5.41) is 0. The van der Waals surface area contributed by atoms with E-state index in [2.05, 4.69) is 84.8 Å². The van der Waals surface area contributed by atoms with Gasteiger partial charge in [-0.15, -0.1) is 0 Å². The van der Waals surface area contributed by atoms with Crippen LogP contribution in [0.3, 0.4) is 0 Å². The summed E-state index contributed by atoms with van der Waals surface area (Å²) in [6.07, 6.45) is 0. The fourth-order valence-electron chi connectivity index (χ4n) is 2.09. The molecule has 0 bridgehead atoms. The summed E-state index contributed by atoms with van der Waals surface area (Å²) in [5.74, 6) is 0. The number of anilines is 1. The molecule has 0 fully saturated rings. The maximum absolute atomic E-state index is 2.39. The van der Waals surface area contributed by atoms with Crippen LogP contribution < -0.4 is 8.94 Å². The Bertz CT molecular complexity index is 365. The van der Waals surface area contributed by atoms with Gasteiger partial charge in [-0.3, -0.25) is 0 Å². The molecule has 108 valence electrons. The fraction of sp³-hybridized carbons (Fsp3) is 0.625. The third kappa shape index (κ3) is 3.84. The van der Waals surface area contributed by atoms with Gasteiger partial charge in [-0.25, -0.2) is 0 Å². The van der Waals surface area contributed by atoms with Gasteiger partial charge in [-0.05, 0) is 0 Å². The molecule has 1 aromatic carbocycles. The van der Waals surface area contributed by atoms with E-state index in [4.69, 9.17) is 0 Å². The summed E-state index contributed by atoms with van der Waals surface area (Å²) >= 11 is -0.784. The second-order valence-electron chi connectivity index (χ2n) is 6.52. The molecule has 0 aliphatic carbocycles. The van der Waals surface area contributed by atoms with Crippen LogP contribution in [0.5, 0.6) is 0 Å². The SMILES string of the molecule is CN(C)c1cc[c]([Pd-]([C](C)(C)C)[C](C)(C)C)cc1. The average molecular weight is 341 g/mol. The molecule has 0 spiro atoms. The van der Waals surface area contributed by atoms with Gasteiger partial charge >= 0.3 is 119 Å². The van der Waals surface area contributed by atoms with Crippen molar-refractivity contribution in [1.29, 1.82) is 0 Å². The quantitative estimate of drug-likeness (QED) is 0.720. The van der Waals surface area contributed by atoms with Crippen LogP contribution in [0.1, 0.15) is 41.5 Å². The second kappa shape index (κ2) is 5.35. The molecule has 0 aliphatic heterocycles. The molecule has 1 aromatic rings. The van der Waals surface area contributed by atoms with Gasteiger partial charge in [0.25, 0.3) is 0 Å². The van der Waals surface area contributed by atoms with Gasteiger partial charge < -0.3 is 0 Å². The molecule has 0 saturated carbocycles. The van der Waals surface area contributed by atoms with E-state index in [1.54, 1.807) is 4.04 Å². The van der Waals surface area contributed by atoms with Crippen molar-refractivity contribution in [2.75, 3.05) is 19.0 Å². The van der Waals surface area contributed by atoms with E-state index in [0.29, 0.717) is 7.78 Å². The molecular formula is C16H28NPd-. The molecule has 18 heavy (non-hydrogen) atoms. The predicted molar refractivity (Wildman–Crippen MR) is 79.8 cm³/mol. The molecule has 0 aliphatic rings. The third-order valence-electron chi connectivity index (χ3n) is 2.45. The first-order chi connectivity index (χ1) is 8.03. The number of hydrogen-bond acceptors (Lipinski definition) is 1. The molecule has 0 atom stereocenters. The summed E-state index contributed by atoms with van der Waals surface area (Å²) < 4.78 is 2.35. The molecule has 0 N–H and O–H groups in total. The third-order valence-corrected chi connectivity index (χ3v) is 8.53. The van der Waals surface area contributed by atoms with Crippen LogP contribution >= 0.6 is 0 Å². The molecule has 1 nitrogen and oxygen atoms in total. The molecular weight excluding hydrogens is 313 g/mol. The number of nitrogens with zero attached hydrogens (tertiary/aromatic N) is 1. The summed E-state index contributed by atoms with van der Waals surface area (Å²) in [6.45, 7) is 14.3. The Balaban J connectivity index is 3.16. The molecule has 0 amide bonds. The zero-order chi connectivity index (χ0) is 14.1. The first-order valence-corrected chi connectivity index (χ1v) is 8.75. The molecule has 0 unspecified atom stereocenters. The number of benzene rings is 1. The zero-order valence-corrected chi connectivity index (χ0v) is 14.6. The van der Waals surface area contributed by atoms with Crippen molar-refractivity contribution < 1.29 is 16.8 Å². The van der Waals surface area contributed by atoms with Crippen molar-refractivity contribution in [3.05, 3.63) is 24.3 Å². The van der Waals surface area contributed by atoms with Crippen molar-refractivity contribution in [1.82, 2.24) is 0 Å². The molecule has 2 heteroatoms. The fourth-order valence-corrected chi connectivity index (χ4v) is 9.06. The summed E-state index contributed by atoms with van der Waals surface area (Å²) in [4.78, 5) is 2.16. The van der Waals surface area contributed by atoms with Crippen LogP contribution in [-0.2, 0) is 16.8 Å². The van der Waals surface area contributed by atoms with Crippen LogP contribution in [0.15, 0.2) is 24.3 Å². The first kappa shape index (κ1) is 15.7. The minimum absolute atomic E-state index is 0.392. The topological polar surface area (TPSA) is 3.24 Å². The van der Waals surface area contributed by atoms with Gasteiger partial charge in [0.1, 0.15) is 0 Å². The summed E-state index contributed by atoms with van der Waals surface area (Å²) in [5.41, 5.74) is 1.28. The Morgan fingerprint density at radius 1 is 0.778 bits per heavy atom. The summed E-state index contributed by atoms with van der Waals surface area (Å²) in [6, 6.07) is 9.18. The second-order valence-corrected chi connectivity index (χ2v) is 13.2. The monoisotopic (exact) mass is 340 g/mol. The van der Waals surface area contributed by atoms with Crippen molar-refractivity contribution in [3.8, 4) is 0 Å². The normalized spacial score (nSPS) is 13.4. The minimum atomic E-state index is -0.784. The number of hydrogen-bond donors (Lipinski definition) is 0. The van der Waals surface area contributed by atoms with Crippen molar-refractivity contribution >= 4 is 9.72 Å². The molecule has 1 rings (SSSR count). The van der Waals surface area contributed by atoms with E-state index < -0.39 is 16.8 Å². The summed E-state index contributed by atoms with van der Waals surface area (Å²) in [7, 11) is 4.19. The van der Waals surface area contributed by atoms with Gasteiger partial charge in [0.05, 0.1) is 0 Å². The van der Waals surface area contributed by atoms with Gasteiger partial charge in [0.15, 0.2) is 0 Å². The van der Waals surface area contributed by atoms with Crippen molar-refractivity contribution in [2.24, 2.45) is 0 Å². The van der Waals surface area contributed by atoms with E-state index in [1.807, 2.05) is 0 Å². The van der Waals surface area contributed by atoms with Crippen molar-refractivity contribution in [3.63, 3.8) is 0 Å². The van der Waals surface area contributed by atoms with Crippen LogP contribution in [0.25, 0.3) is 0 Å². The van der Waals surface area contributed by atoms with E-state index >= 15 is 0 Å². The molecule has 0 saturated heterocycles. The number of rotatable bonds is 2. The van der Waals surface area contributed by atoms with Crippen LogP contribution in [0.2, 0.25) is 7.78 Å². The van der Waals surface area contributed by atoms with Gasteiger partial charge in [-0.2, -0.15) is 0 Å². The molecule has 0 radical (unpaired) electrons. The van der Waals surface area contributed by atoms with E-state index in [0.717, 1.165) is 0 Å². The van der Waals surface area contributed by atoms with E-state index in [1.165, 1.54) is 5.69 Å². The van der Waals surface area contributed by atoms with Crippen molar-refractivity contribution in [2.45, 2.75) is 49.3 Å². The predicted octanol–water partition coefficient (Wildman–Crippen LogP) is 4.43. The maximum atomic E-state index is 2.39. The van der Waals surface area contributed by atoms with Crippen LogP contribution in [0.4, 0.5) is 5.69 Å². The van der Waals surface area contributed by atoms with Gasteiger partial charge in [0.2, 0.25) is 0 Å².